The predicted octanol–water partition coefficient (Wildman–Crippen LogP) is 2.14. The Morgan fingerprint density at radius 3 is 2.66 bits per heavy atom. The Morgan fingerprint density at radius 1 is 1.03 bits per heavy atom. The normalized spacial score (nSPS) is 14.6. The van der Waals surface area contributed by atoms with Crippen LogP contribution in [-0.2, 0) is 11.3 Å². The molecule has 0 unspecified atom stereocenters. The van der Waals surface area contributed by atoms with Gasteiger partial charge in [-0.15, -0.1) is 0 Å². The number of morpholine rings is 1. The van der Waals surface area contributed by atoms with E-state index in [1.54, 1.807) is 0 Å². The molecule has 1 aliphatic heterocycles. The van der Waals surface area contributed by atoms with Crippen molar-refractivity contribution in [3.05, 3.63) is 60.4 Å². The van der Waals surface area contributed by atoms with Crippen LogP contribution in [0.3, 0.4) is 0 Å². The van der Waals surface area contributed by atoms with Gasteiger partial charge in [-0.05, 0) is 13.1 Å². The van der Waals surface area contributed by atoms with Crippen LogP contribution in [0.25, 0.3) is 22.7 Å². The lowest BCUT2D eigenvalue weighted by Gasteiger charge is -2.29. The molecular formula is C21H23N7O. The summed E-state index contributed by atoms with van der Waals surface area (Å²) in [5, 5.41) is 12.7. The number of nitrogens with zero attached hydrogens (tertiary/aromatic N) is 6. The molecule has 0 amide bonds. The molecule has 1 saturated heterocycles. The third-order valence-electron chi connectivity index (χ3n) is 5.03. The van der Waals surface area contributed by atoms with E-state index in [0.717, 1.165) is 47.3 Å². The fourth-order valence-corrected chi connectivity index (χ4v) is 3.61. The molecule has 8 heteroatoms. The van der Waals surface area contributed by atoms with Crippen molar-refractivity contribution in [1.29, 1.82) is 0 Å². The summed E-state index contributed by atoms with van der Waals surface area (Å²) in [6.45, 7) is 3.77. The number of benzene rings is 1. The minimum absolute atomic E-state index is 0.696. The molecule has 4 aromatic rings. The largest absolute Gasteiger partial charge is 0.378 e. The van der Waals surface area contributed by atoms with Crippen molar-refractivity contribution in [1.82, 2.24) is 29.7 Å². The van der Waals surface area contributed by atoms with E-state index in [0.29, 0.717) is 19.8 Å². The molecule has 0 saturated carbocycles. The van der Waals surface area contributed by atoms with Gasteiger partial charge >= 0.3 is 0 Å². The lowest BCUT2D eigenvalue weighted by atomic mass is 10.2. The van der Waals surface area contributed by atoms with Gasteiger partial charge in [0.2, 0.25) is 0 Å². The number of rotatable bonds is 5. The molecule has 29 heavy (non-hydrogen) atoms. The highest BCUT2D eigenvalue weighted by Crippen LogP contribution is 2.23. The SMILES string of the molecule is CNCc1cc2nc(-n3ccc(-c4ccccc4)n3)cc(N3CCOCC3)n2n1. The van der Waals surface area contributed by atoms with Crippen molar-refractivity contribution in [2.45, 2.75) is 6.54 Å². The molecule has 5 rings (SSSR count). The highest BCUT2D eigenvalue weighted by Gasteiger charge is 2.18. The van der Waals surface area contributed by atoms with Crippen molar-refractivity contribution >= 4 is 11.5 Å². The first-order chi connectivity index (χ1) is 14.3. The van der Waals surface area contributed by atoms with Gasteiger partial charge in [0.15, 0.2) is 11.5 Å². The number of nitrogens with one attached hydrogen (secondary N) is 1. The molecule has 0 bridgehead atoms. The zero-order valence-corrected chi connectivity index (χ0v) is 16.3. The number of aromatic nitrogens is 5. The van der Waals surface area contributed by atoms with Crippen LogP contribution in [0.5, 0.6) is 0 Å². The van der Waals surface area contributed by atoms with Crippen molar-refractivity contribution in [3.63, 3.8) is 0 Å². The third kappa shape index (κ3) is 3.48. The van der Waals surface area contributed by atoms with Crippen LogP contribution in [0.15, 0.2) is 54.7 Å². The monoisotopic (exact) mass is 389 g/mol. The summed E-state index contributed by atoms with van der Waals surface area (Å²) in [6.07, 6.45) is 1.95. The van der Waals surface area contributed by atoms with Crippen LogP contribution in [0.1, 0.15) is 5.69 Å². The van der Waals surface area contributed by atoms with E-state index < -0.39 is 0 Å². The first kappa shape index (κ1) is 17.8. The van der Waals surface area contributed by atoms with E-state index in [-0.39, 0.29) is 0 Å². The average molecular weight is 389 g/mol. The standard InChI is InChI=1S/C21H23N7O/c1-22-15-17-13-20-23-19(14-21(28(20)24-17)26-9-11-29-12-10-26)27-8-7-18(25-27)16-5-3-2-4-6-16/h2-8,13-14,22H,9-12,15H2,1H3. The molecule has 4 heterocycles. The second kappa shape index (κ2) is 7.65. The Balaban J connectivity index is 1.59. The molecule has 3 aromatic heterocycles. The Bertz CT molecular complexity index is 1110. The Morgan fingerprint density at radius 2 is 1.86 bits per heavy atom. The molecule has 1 aliphatic rings. The number of hydrogen-bond acceptors (Lipinski definition) is 6. The van der Waals surface area contributed by atoms with E-state index in [1.165, 1.54) is 0 Å². The molecule has 1 fully saturated rings. The van der Waals surface area contributed by atoms with Crippen molar-refractivity contribution in [2.24, 2.45) is 0 Å². The van der Waals surface area contributed by atoms with E-state index in [1.807, 2.05) is 52.8 Å². The quantitative estimate of drug-likeness (QED) is 0.564. The summed E-state index contributed by atoms with van der Waals surface area (Å²) in [4.78, 5) is 7.12. The maximum absolute atomic E-state index is 5.53. The zero-order chi connectivity index (χ0) is 19.6. The molecule has 0 spiro atoms. The van der Waals surface area contributed by atoms with Crippen LogP contribution in [0, 0.1) is 0 Å². The Labute approximate surface area is 168 Å². The molecule has 148 valence electrons. The maximum Gasteiger partial charge on any atom is 0.160 e. The smallest absolute Gasteiger partial charge is 0.160 e. The molecule has 0 aliphatic carbocycles. The van der Waals surface area contributed by atoms with Crippen LogP contribution < -0.4 is 10.2 Å². The zero-order valence-electron chi connectivity index (χ0n) is 16.3. The Hall–Kier alpha value is -3.23. The highest BCUT2D eigenvalue weighted by atomic mass is 16.5. The van der Waals surface area contributed by atoms with Gasteiger partial charge in [0.05, 0.1) is 24.6 Å². The van der Waals surface area contributed by atoms with Crippen LogP contribution >= 0.6 is 0 Å². The predicted molar refractivity (Wildman–Crippen MR) is 111 cm³/mol. The van der Waals surface area contributed by atoms with Crippen LogP contribution in [0.4, 0.5) is 5.82 Å². The number of ether oxygens (including phenoxy) is 1. The van der Waals surface area contributed by atoms with E-state index in [2.05, 4.69) is 28.4 Å². The summed E-state index contributed by atoms with van der Waals surface area (Å²) in [7, 11) is 1.92. The van der Waals surface area contributed by atoms with Crippen molar-refractivity contribution < 1.29 is 4.74 Å². The number of hydrogen-bond donors (Lipinski definition) is 1. The van der Waals surface area contributed by atoms with Gasteiger partial charge < -0.3 is 15.0 Å². The number of anilines is 1. The Kier molecular flexibility index (Phi) is 4.71. The fraction of sp³-hybridized carbons (Fsp3) is 0.286. The van der Waals surface area contributed by atoms with Gasteiger partial charge in [0, 0.05) is 43.5 Å². The molecule has 1 aromatic carbocycles. The first-order valence-corrected chi connectivity index (χ1v) is 9.80. The van der Waals surface area contributed by atoms with Gasteiger partial charge in [-0.3, -0.25) is 0 Å². The minimum Gasteiger partial charge on any atom is -0.378 e. The lowest BCUT2D eigenvalue weighted by molar-refractivity contribution is 0.122. The molecular weight excluding hydrogens is 366 g/mol. The topological polar surface area (TPSA) is 72.5 Å². The third-order valence-corrected chi connectivity index (χ3v) is 5.03. The first-order valence-electron chi connectivity index (χ1n) is 9.80. The van der Waals surface area contributed by atoms with Crippen molar-refractivity contribution in [2.75, 3.05) is 38.3 Å². The lowest BCUT2D eigenvalue weighted by Crippen LogP contribution is -2.37. The summed E-state index contributed by atoms with van der Waals surface area (Å²) in [6, 6.07) is 16.2. The number of fused-ring (bicyclic) bond motifs is 1. The highest BCUT2D eigenvalue weighted by molar-refractivity contribution is 5.59. The van der Waals surface area contributed by atoms with Crippen LogP contribution in [0.2, 0.25) is 0 Å². The van der Waals surface area contributed by atoms with Crippen LogP contribution in [-0.4, -0.2) is 57.7 Å². The van der Waals surface area contributed by atoms with E-state index in [9.17, 15) is 0 Å². The van der Waals surface area contributed by atoms with Gasteiger partial charge in [-0.1, -0.05) is 30.3 Å². The second-order valence-corrected chi connectivity index (χ2v) is 7.02. The average Bonchev–Trinajstić information content (AvgIpc) is 3.41. The van der Waals surface area contributed by atoms with Gasteiger partial charge in [0.25, 0.3) is 0 Å². The molecule has 1 N–H and O–H groups in total. The molecule has 8 nitrogen and oxygen atoms in total. The van der Waals surface area contributed by atoms with Crippen molar-refractivity contribution in [3.8, 4) is 17.1 Å². The van der Waals surface area contributed by atoms with Gasteiger partial charge in [0.1, 0.15) is 5.82 Å². The summed E-state index contributed by atoms with van der Waals surface area (Å²) >= 11 is 0. The summed E-state index contributed by atoms with van der Waals surface area (Å²) in [5.41, 5.74) is 3.77. The summed E-state index contributed by atoms with van der Waals surface area (Å²) in [5.74, 6) is 1.78. The molecule has 0 radical (unpaired) electrons. The second-order valence-electron chi connectivity index (χ2n) is 7.02. The minimum atomic E-state index is 0.696. The van der Waals surface area contributed by atoms with Gasteiger partial charge in [-0.25, -0.2) is 9.67 Å². The molecule has 0 atom stereocenters. The fourth-order valence-electron chi connectivity index (χ4n) is 3.61. The van der Waals surface area contributed by atoms with Gasteiger partial charge in [-0.2, -0.15) is 14.7 Å². The maximum atomic E-state index is 5.53. The van der Waals surface area contributed by atoms with E-state index >= 15 is 0 Å². The summed E-state index contributed by atoms with van der Waals surface area (Å²) < 4.78 is 9.28. The van der Waals surface area contributed by atoms with E-state index in [4.69, 9.17) is 19.9 Å².